The monoisotopic (exact) mass is 105 g/mol. The van der Waals surface area contributed by atoms with Crippen molar-refractivity contribution in [1.82, 2.24) is 0 Å². The second-order valence-electron chi connectivity index (χ2n) is 1.36. The van der Waals surface area contributed by atoms with Crippen molar-refractivity contribution in [1.29, 1.82) is 0 Å². The van der Waals surface area contributed by atoms with Gasteiger partial charge in [-0.3, -0.25) is 0 Å². The third-order valence-corrected chi connectivity index (χ3v) is 0.656. The zero-order valence-corrected chi connectivity index (χ0v) is 3.91. The molecule has 0 aliphatic heterocycles. The molecule has 1 unspecified atom stereocenters. The Bertz CT molecular complexity index is 44.2. The fourth-order valence-corrected chi connectivity index (χ4v) is 0.0943. The molecule has 0 rings (SSSR count). The molecular formula is C4H9O3. The third kappa shape index (κ3) is 2.56. The van der Waals surface area contributed by atoms with Gasteiger partial charge in [0, 0.05) is 5.92 Å². The summed E-state index contributed by atoms with van der Waals surface area (Å²) in [4.78, 5) is 0. The second kappa shape index (κ2) is 2.96. The second-order valence-corrected chi connectivity index (χ2v) is 1.36. The van der Waals surface area contributed by atoms with Crippen LogP contribution >= 0.6 is 0 Å². The summed E-state index contributed by atoms with van der Waals surface area (Å²) in [6, 6.07) is 0. The molecule has 0 aromatic carbocycles. The van der Waals surface area contributed by atoms with Crippen LogP contribution < -0.4 is 0 Å². The summed E-state index contributed by atoms with van der Waals surface area (Å²) in [7, 11) is 0. The average Bonchev–Trinajstić information content (AvgIpc) is 1.65. The molecule has 0 bridgehead atoms. The number of rotatable bonds is 2. The van der Waals surface area contributed by atoms with Gasteiger partial charge in [-0.15, -0.1) is 0 Å². The zero-order chi connectivity index (χ0) is 5.86. The largest absolute Gasteiger partial charge is 0.396 e. The molecule has 1 radical (unpaired) electrons. The highest BCUT2D eigenvalue weighted by Crippen LogP contribution is 1.94. The lowest BCUT2D eigenvalue weighted by Crippen LogP contribution is -2.19. The van der Waals surface area contributed by atoms with Crippen LogP contribution in [0.25, 0.3) is 0 Å². The predicted molar refractivity (Wildman–Crippen MR) is 24.2 cm³/mol. The minimum atomic E-state index is -1.50. The zero-order valence-electron chi connectivity index (χ0n) is 3.91. The highest BCUT2D eigenvalue weighted by atomic mass is 16.5. The first-order valence-corrected chi connectivity index (χ1v) is 1.98. The van der Waals surface area contributed by atoms with E-state index in [9.17, 15) is 0 Å². The van der Waals surface area contributed by atoms with Crippen LogP contribution in [0.4, 0.5) is 0 Å². The molecule has 3 N–H and O–H groups in total. The van der Waals surface area contributed by atoms with Gasteiger partial charge < -0.3 is 15.3 Å². The summed E-state index contributed by atoms with van der Waals surface area (Å²) < 4.78 is 0. The molecule has 0 saturated heterocycles. The van der Waals surface area contributed by atoms with E-state index in [1.54, 1.807) is 0 Å². The van der Waals surface area contributed by atoms with Crippen molar-refractivity contribution >= 4 is 0 Å². The SMILES string of the molecule is [CH2]C(CO)C(O)O. The summed E-state index contributed by atoms with van der Waals surface area (Å²) in [5.41, 5.74) is 0. The van der Waals surface area contributed by atoms with Gasteiger partial charge in [0.1, 0.15) is 0 Å². The van der Waals surface area contributed by atoms with E-state index in [2.05, 4.69) is 6.92 Å². The van der Waals surface area contributed by atoms with Gasteiger partial charge >= 0.3 is 0 Å². The van der Waals surface area contributed by atoms with Gasteiger partial charge in [-0.05, 0) is 6.92 Å². The molecule has 0 aromatic rings. The molecule has 1 atom stereocenters. The maximum Gasteiger partial charge on any atom is 0.156 e. The summed E-state index contributed by atoms with van der Waals surface area (Å²) in [5, 5.41) is 24.4. The molecule has 0 aliphatic rings. The fraction of sp³-hybridized carbons (Fsp3) is 0.750. The normalized spacial score (nSPS) is 15.0. The van der Waals surface area contributed by atoms with Gasteiger partial charge in [-0.25, -0.2) is 0 Å². The quantitative estimate of drug-likeness (QED) is 0.384. The van der Waals surface area contributed by atoms with Crippen LogP contribution in [0.15, 0.2) is 0 Å². The third-order valence-electron chi connectivity index (χ3n) is 0.656. The van der Waals surface area contributed by atoms with E-state index in [-0.39, 0.29) is 6.61 Å². The summed E-state index contributed by atoms with van der Waals surface area (Å²) >= 11 is 0. The van der Waals surface area contributed by atoms with Crippen molar-refractivity contribution in [3.8, 4) is 0 Å². The van der Waals surface area contributed by atoms with E-state index in [0.717, 1.165) is 0 Å². The highest BCUT2D eigenvalue weighted by molar-refractivity contribution is 4.58. The smallest absolute Gasteiger partial charge is 0.156 e. The maximum atomic E-state index is 8.15. The molecule has 7 heavy (non-hydrogen) atoms. The van der Waals surface area contributed by atoms with Crippen LogP contribution in [0.1, 0.15) is 0 Å². The first-order valence-electron chi connectivity index (χ1n) is 1.98. The van der Waals surface area contributed by atoms with Gasteiger partial charge in [0.05, 0.1) is 6.61 Å². The minimum Gasteiger partial charge on any atom is -0.396 e. The van der Waals surface area contributed by atoms with Crippen molar-refractivity contribution in [2.45, 2.75) is 6.29 Å². The summed E-state index contributed by atoms with van der Waals surface area (Å²) in [6.07, 6.45) is -1.50. The topological polar surface area (TPSA) is 60.7 Å². The lowest BCUT2D eigenvalue weighted by Gasteiger charge is -2.07. The molecule has 43 valence electrons. The molecule has 0 amide bonds. The fourth-order valence-electron chi connectivity index (χ4n) is 0.0943. The minimum absolute atomic E-state index is 0.294. The molecule has 0 saturated carbocycles. The lowest BCUT2D eigenvalue weighted by atomic mass is 10.2. The Morgan fingerprint density at radius 1 is 1.43 bits per heavy atom. The van der Waals surface area contributed by atoms with E-state index in [0.29, 0.717) is 0 Å². The van der Waals surface area contributed by atoms with E-state index < -0.39 is 12.2 Å². The Morgan fingerprint density at radius 2 is 1.86 bits per heavy atom. The molecule has 0 fully saturated rings. The van der Waals surface area contributed by atoms with Gasteiger partial charge in [0.2, 0.25) is 0 Å². The van der Waals surface area contributed by atoms with Crippen molar-refractivity contribution < 1.29 is 15.3 Å². The van der Waals surface area contributed by atoms with Crippen LogP contribution in [-0.4, -0.2) is 28.2 Å². The van der Waals surface area contributed by atoms with Crippen molar-refractivity contribution in [3.05, 3.63) is 6.92 Å². The van der Waals surface area contributed by atoms with Crippen LogP contribution in [0.3, 0.4) is 0 Å². The van der Waals surface area contributed by atoms with E-state index in [1.807, 2.05) is 0 Å². The Balaban J connectivity index is 3.14. The summed E-state index contributed by atoms with van der Waals surface area (Å²) in [5.74, 6) is -0.681. The average molecular weight is 105 g/mol. The summed E-state index contributed by atoms with van der Waals surface area (Å²) in [6.45, 7) is 2.91. The van der Waals surface area contributed by atoms with Crippen molar-refractivity contribution in [2.24, 2.45) is 5.92 Å². The van der Waals surface area contributed by atoms with E-state index >= 15 is 0 Å². The standard InChI is InChI=1S/C4H9O3/c1-3(2-5)4(6)7/h3-7H,1-2H2. The van der Waals surface area contributed by atoms with Crippen LogP contribution in [0.2, 0.25) is 0 Å². The van der Waals surface area contributed by atoms with E-state index in [1.165, 1.54) is 0 Å². The number of aliphatic hydroxyl groups excluding tert-OH is 2. The Labute approximate surface area is 42.2 Å². The lowest BCUT2D eigenvalue weighted by molar-refractivity contribution is -0.0822. The first-order chi connectivity index (χ1) is 3.18. The number of aliphatic hydroxyl groups is 3. The van der Waals surface area contributed by atoms with Crippen molar-refractivity contribution in [3.63, 3.8) is 0 Å². The Morgan fingerprint density at radius 3 is 1.86 bits per heavy atom. The van der Waals surface area contributed by atoms with Crippen LogP contribution in [-0.2, 0) is 0 Å². The molecule has 0 heterocycles. The number of hydrogen-bond donors (Lipinski definition) is 3. The molecule has 0 spiro atoms. The molecular weight excluding hydrogens is 96.0 g/mol. The first kappa shape index (κ1) is 6.88. The predicted octanol–water partition coefficient (Wildman–Crippen LogP) is -1.26. The van der Waals surface area contributed by atoms with E-state index in [4.69, 9.17) is 15.3 Å². The van der Waals surface area contributed by atoms with Crippen molar-refractivity contribution in [2.75, 3.05) is 6.61 Å². The highest BCUT2D eigenvalue weighted by Gasteiger charge is 2.06. The Hall–Kier alpha value is -0.120. The number of hydrogen-bond acceptors (Lipinski definition) is 3. The van der Waals surface area contributed by atoms with Gasteiger partial charge in [-0.1, -0.05) is 0 Å². The van der Waals surface area contributed by atoms with Gasteiger partial charge in [0.25, 0.3) is 0 Å². The van der Waals surface area contributed by atoms with Crippen LogP contribution in [0, 0.1) is 12.8 Å². The van der Waals surface area contributed by atoms with Crippen LogP contribution in [0.5, 0.6) is 0 Å². The molecule has 0 aromatic heterocycles. The molecule has 3 heteroatoms. The van der Waals surface area contributed by atoms with Gasteiger partial charge in [-0.2, -0.15) is 0 Å². The Kier molecular flexibility index (Phi) is 2.91. The molecule has 0 aliphatic carbocycles. The van der Waals surface area contributed by atoms with Gasteiger partial charge in [0.15, 0.2) is 6.29 Å². The maximum absolute atomic E-state index is 8.15. The molecule has 3 nitrogen and oxygen atoms in total.